The predicted octanol–water partition coefficient (Wildman–Crippen LogP) is 6.42. The molecule has 0 spiro atoms. The number of nitrogens with zero attached hydrogens (tertiary/aromatic N) is 4. The molecule has 46 heavy (non-hydrogen) atoms. The highest BCUT2D eigenvalue weighted by molar-refractivity contribution is 5.87. The van der Waals surface area contributed by atoms with Crippen LogP contribution in [0.5, 0.6) is 11.5 Å². The maximum Gasteiger partial charge on any atom is 0.264 e. The van der Waals surface area contributed by atoms with E-state index in [-0.39, 0.29) is 24.3 Å². The number of pyridine rings is 1. The van der Waals surface area contributed by atoms with Gasteiger partial charge in [0.05, 0.1) is 6.54 Å². The van der Waals surface area contributed by atoms with Crippen LogP contribution in [0.4, 0.5) is 0 Å². The number of fused-ring (bicyclic) bond motifs is 2. The lowest BCUT2D eigenvalue weighted by atomic mass is 9.76. The first-order valence-electron chi connectivity index (χ1n) is 17.1. The van der Waals surface area contributed by atoms with E-state index in [1.165, 1.54) is 24.8 Å². The lowest BCUT2D eigenvalue weighted by Crippen LogP contribution is -2.50. The normalized spacial score (nSPS) is 19.0. The maximum absolute atomic E-state index is 14.4. The molecule has 2 amide bonds. The number of benzene rings is 2. The fraction of sp³-hybridized carbons (Fsp3) is 0.447. The highest BCUT2D eigenvalue weighted by Crippen LogP contribution is 2.38. The van der Waals surface area contributed by atoms with E-state index in [2.05, 4.69) is 29.2 Å². The van der Waals surface area contributed by atoms with Crippen LogP contribution in [0.2, 0.25) is 0 Å². The zero-order valence-electron chi connectivity index (χ0n) is 26.6. The van der Waals surface area contributed by atoms with Crippen molar-refractivity contribution in [1.29, 1.82) is 0 Å². The molecule has 1 saturated carbocycles. The first kappa shape index (κ1) is 30.3. The van der Waals surface area contributed by atoms with Crippen molar-refractivity contribution in [3.63, 3.8) is 0 Å². The Labute approximate surface area is 271 Å². The summed E-state index contributed by atoms with van der Waals surface area (Å²) in [5.41, 5.74) is 4.25. The van der Waals surface area contributed by atoms with E-state index in [1.807, 2.05) is 63.0 Å². The molecule has 0 unspecified atom stereocenters. The topological polar surface area (TPSA) is 76.4 Å². The summed E-state index contributed by atoms with van der Waals surface area (Å²) in [4.78, 5) is 35.9. The number of carbonyl (C=O) groups excluding carboxylic acids is 2. The molecule has 1 aliphatic carbocycles. The molecule has 240 valence electrons. The van der Waals surface area contributed by atoms with Crippen molar-refractivity contribution in [2.45, 2.75) is 76.4 Å². The van der Waals surface area contributed by atoms with Crippen molar-refractivity contribution in [2.24, 2.45) is 5.92 Å². The lowest BCUT2D eigenvalue weighted by Gasteiger charge is -2.37. The second-order valence-electron chi connectivity index (χ2n) is 13.2. The second-order valence-corrected chi connectivity index (χ2v) is 13.2. The van der Waals surface area contributed by atoms with Gasteiger partial charge in [-0.15, -0.1) is 0 Å². The first-order valence-corrected chi connectivity index (χ1v) is 17.1. The third kappa shape index (κ3) is 6.91. The molecule has 2 aliphatic heterocycles. The highest BCUT2D eigenvalue weighted by atomic mass is 16.5. The number of hydrogen-bond acceptors (Lipinski definition) is 5. The Bertz CT molecular complexity index is 1640. The zero-order valence-corrected chi connectivity index (χ0v) is 26.6. The van der Waals surface area contributed by atoms with Gasteiger partial charge in [-0.2, -0.15) is 0 Å². The summed E-state index contributed by atoms with van der Waals surface area (Å²) in [6.07, 6.45) is 14.5. The lowest BCUT2D eigenvalue weighted by molar-refractivity contribution is -0.145. The molecule has 2 aromatic carbocycles. The van der Waals surface area contributed by atoms with Gasteiger partial charge >= 0.3 is 0 Å². The summed E-state index contributed by atoms with van der Waals surface area (Å²) in [5, 5.41) is 0. The molecule has 2 aromatic heterocycles. The van der Waals surface area contributed by atoms with Gasteiger partial charge in [-0.05, 0) is 67.7 Å². The molecular formula is C38H44N4O4. The number of carbonyl (C=O) groups is 2. The average molecular weight is 621 g/mol. The monoisotopic (exact) mass is 620 g/mol. The Morgan fingerprint density at radius 1 is 0.957 bits per heavy atom. The van der Waals surface area contributed by atoms with Crippen LogP contribution in [0.15, 0.2) is 79.3 Å². The van der Waals surface area contributed by atoms with Gasteiger partial charge in [-0.1, -0.05) is 61.7 Å². The summed E-state index contributed by atoms with van der Waals surface area (Å²) in [6, 6.07) is 20.5. The standard InChI is InChI=1S/C38H44N4O4/c43-37(40-20-7-8-21-40)26-42(25-33(29-9-3-1-4-10-29)30-11-5-2-6-12-30)38(44)34-17-15-31-14-16-32(23-35(31)46-34)45-27-28-13-18-36-39-19-22-41(36)24-28/h1,3-4,9-10,13-14,16,18-19,22-24,30,33-34H,2,5-8,11-12,15,17,20-21,25-27H2/t33-,34+/m0/s1. The molecule has 8 nitrogen and oxygen atoms in total. The largest absolute Gasteiger partial charge is 0.489 e. The van der Waals surface area contributed by atoms with Gasteiger partial charge in [0.25, 0.3) is 5.91 Å². The maximum atomic E-state index is 14.4. The fourth-order valence-electron chi connectivity index (χ4n) is 7.50. The van der Waals surface area contributed by atoms with E-state index < -0.39 is 6.10 Å². The summed E-state index contributed by atoms with van der Waals surface area (Å²) < 4.78 is 14.6. The molecule has 8 heteroatoms. The zero-order chi connectivity index (χ0) is 31.3. The summed E-state index contributed by atoms with van der Waals surface area (Å²) in [7, 11) is 0. The molecule has 7 rings (SSSR count). The molecule has 4 aromatic rings. The number of imidazole rings is 1. The van der Waals surface area contributed by atoms with E-state index in [4.69, 9.17) is 9.47 Å². The highest BCUT2D eigenvalue weighted by Gasteiger charge is 2.36. The fourth-order valence-corrected chi connectivity index (χ4v) is 7.50. The minimum absolute atomic E-state index is 0.0436. The second kappa shape index (κ2) is 14.0. The number of aromatic nitrogens is 2. The third-order valence-electron chi connectivity index (χ3n) is 10.1. The number of amides is 2. The smallest absolute Gasteiger partial charge is 0.264 e. The Hall–Kier alpha value is -4.33. The van der Waals surface area contributed by atoms with Crippen molar-refractivity contribution in [3.05, 3.63) is 95.9 Å². The molecule has 0 N–H and O–H groups in total. The van der Waals surface area contributed by atoms with Crippen LogP contribution >= 0.6 is 0 Å². The van der Waals surface area contributed by atoms with Crippen molar-refractivity contribution in [1.82, 2.24) is 19.2 Å². The molecule has 0 bridgehead atoms. The van der Waals surface area contributed by atoms with Gasteiger partial charge < -0.3 is 23.7 Å². The van der Waals surface area contributed by atoms with E-state index in [9.17, 15) is 9.59 Å². The number of likely N-dealkylation sites (tertiary alicyclic amines) is 1. The molecule has 3 aliphatic rings. The van der Waals surface area contributed by atoms with Gasteiger partial charge in [-0.25, -0.2) is 4.98 Å². The van der Waals surface area contributed by atoms with Crippen LogP contribution in [0.1, 0.15) is 74.0 Å². The van der Waals surface area contributed by atoms with Gasteiger partial charge in [0.2, 0.25) is 5.91 Å². The van der Waals surface area contributed by atoms with E-state index >= 15 is 0 Å². The van der Waals surface area contributed by atoms with E-state index in [0.717, 1.165) is 62.0 Å². The van der Waals surface area contributed by atoms with Gasteiger partial charge in [0, 0.05) is 55.8 Å². The molecular weight excluding hydrogens is 576 g/mol. The Balaban J connectivity index is 1.08. The number of aryl methyl sites for hydroxylation is 1. The Kier molecular flexibility index (Phi) is 9.22. The molecule has 2 fully saturated rings. The Morgan fingerprint density at radius 3 is 2.61 bits per heavy atom. The third-order valence-corrected chi connectivity index (χ3v) is 10.1. The minimum atomic E-state index is -0.638. The van der Waals surface area contributed by atoms with Crippen LogP contribution in [-0.4, -0.2) is 63.3 Å². The number of hydrogen-bond donors (Lipinski definition) is 0. The van der Waals surface area contributed by atoms with Crippen LogP contribution in [0.25, 0.3) is 5.65 Å². The van der Waals surface area contributed by atoms with Crippen molar-refractivity contribution in [3.8, 4) is 11.5 Å². The van der Waals surface area contributed by atoms with Crippen molar-refractivity contribution < 1.29 is 19.1 Å². The average Bonchev–Trinajstić information content (AvgIpc) is 3.82. The van der Waals surface area contributed by atoms with Gasteiger partial charge in [0.15, 0.2) is 6.10 Å². The summed E-state index contributed by atoms with van der Waals surface area (Å²) in [5.74, 6) is 2.02. The number of ether oxygens (including phenoxy) is 2. The first-order chi connectivity index (χ1) is 22.6. The minimum Gasteiger partial charge on any atom is -0.489 e. The van der Waals surface area contributed by atoms with E-state index in [0.29, 0.717) is 37.0 Å². The summed E-state index contributed by atoms with van der Waals surface area (Å²) in [6.45, 7) is 2.59. The quantitative estimate of drug-likeness (QED) is 0.205. The van der Waals surface area contributed by atoms with Crippen LogP contribution < -0.4 is 9.47 Å². The van der Waals surface area contributed by atoms with Crippen LogP contribution in [0, 0.1) is 5.92 Å². The predicted molar refractivity (Wildman–Crippen MR) is 177 cm³/mol. The van der Waals surface area contributed by atoms with Crippen molar-refractivity contribution >= 4 is 17.5 Å². The summed E-state index contributed by atoms with van der Waals surface area (Å²) >= 11 is 0. The molecule has 4 heterocycles. The van der Waals surface area contributed by atoms with Gasteiger partial charge in [0.1, 0.15) is 23.8 Å². The van der Waals surface area contributed by atoms with Gasteiger partial charge in [-0.3, -0.25) is 9.59 Å². The van der Waals surface area contributed by atoms with Crippen molar-refractivity contribution in [2.75, 3.05) is 26.2 Å². The van der Waals surface area contributed by atoms with E-state index in [1.54, 1.807) is 6.20 Å². The number of rotatable bonds is 10. The van der Waals surface area contributed by atoms with Crippen LogP contribution in [-0.2, 0) is 22.6 Å². The molecule has 0 radical (unpaired) electrons. The van der Waals surface area contributed by atoms with Crippen LogP contribution in [0.3, 0.4) is 0 Å². The Morgan fingerprint density at radius 2 is 1.78 bits per heavy atom. The SMILES string of the molecule is O=C(CN(C[C@@H](c1ccccc1)C1CCCCC1)C(=O)[C@H]1CCc2ccc(OCc3ccc4nccn4c3)cc2O1)N1CCCC1. The molecule has 2 atom stereocenters. The molecule has 1 saturated heterocycles.